The third-order valence-corrected chi connectivity index (χ3v) is 4.54. The number of hydrogen-bond acceptors (Lipinski definition) is 5. The van der Waals surface area contributed by atoms with E-state index in [1.54, 1.807) is 48.5 Å². The third kappa shape index (κ3) is 5.26. The summed E-state index contributed by atoms with van der Waals surface area (Å²) in [6, 6.07) is 19.7. The fourth-order valence-corrected chi connectivity index (χ4v) is 3.04. The summed E-state index contributed by atoms with van der Waals surface area (Å²) in [6.45, 7) is -0.112. The molecule has 7 nitrogen and oxygen atoms in total. The predicted octanol–water partition coefficient (Wildman–Crippen LogP) is 4.64. The number of nitro groups is 1. The molecule has 146 valence electrons. The monoisotopic (exact) mass is 453 g/mol. The van der Waals surface area contributed by atoms with Crippen molar-refractivity contribution in [1.82, 2.24) is 0 Å². The minimum absolute atomic E-state index is 0.112. The molecule has 0 aromatic heterocycles. The van der Waals surface area contributed by atoms with Crippen molar-refractivity contribution in [2.75, 3.05) is 17.2 Å². The highest BCUT2D eigenvalue weighted by Crippen LogP contribution is 2.24. The standard InChI is InChI=1S/C21H16BrN3O4/c22-15-9-10-19(18(11-15)21(27)14-5-2-1-3-6-14)23-13-20(26)24-16-7-4-8-17(12-16)25(28)29/h1-12,23H,13H2,(H,24,26). The molecule has 0 unspecified atom stereocenters. The number of carbonyl (C=O) groups is 2. The number of amides is 1. The second kappa shape index (κ2) is 9.11. The van der Waals surface area contributed by atoms with E-state index in [2.05, 4.69) is 26.6 Å². The van der Waals surface area contributed by atoms with E-state index in [9.17, 15) is 19.7 Å². The molecule has 0 saturated carbocycles. The molecule has 3 aromatic carbocycles. The van der Waals surface area contributed by atoms with Crippen LogP contribution in [0.4, 0.5) is 17.1 Å². The maximum Gasteiger partial charge on any atom is 0.271 e. The van der Waals surface area contributed by atoms with Gasteiger partial charge in [-0.3, -0.25) is 19.7 Å². The first-order chi connectivity index (χ1) is 13.9. The Kier molecular flexibility index (Phi) is 6.36. The van der Waals surface area contributed by atoms with Crippen molar-refractivity contribution in [3.8, 4) is 0 Å². The number of rotatable bonds is 7. The van der Waals surface area contributed by atoms with Gasteiger partial charge >= 0.3 is 0 Å². The molecule has 1 amide bonds. The molecular formula is C21H16BrN3O4. The molecule has 0 saturated heterocycles. The fraction of sp³-hybridized carbons (Fsp3) is 0.0476. The summed E-state index contributed by atoms with van der Waals surface area (Å²) in [7, 11) is 0. The zero-order chi connectivity index (χ0) is 20.8. The Morgan fingerprint density at radius 1 is 0.966 bits per heavy atom. The predicted molar refractivity (Wildman–Crippen MR) is 114 cm³/mol. The van der Waals surface area contributed by atoms with Crippen LogP contribution in [0.3, 0.4) is 0 Å². The van der Waals surface area contributed by atoms with Crippen molar-refractivity contribution < 1.29 is 14.5 Å². The molecule has 0 atom stereocenters. The molecular weight excluding hydrogens is 438 g/mol. The molecule has 0 spiro atoms. The van der Waals surface area contributed by atoms with E-state index in [1.807, 2.05) is 6.07 Å². The first kappa shape index (κ1) is 20.2. The van der Waals surface area contributed by atoms with Gasteiger partial charge in [0, 0.05) is 39.1 Å². The highest BCUT2D eigenvalue weighted by Gasteiger charge is 2.15. The van der Waals surface area contributed by atoms with Crippen LogP contribution >= 0.6 is 15.9 Å². The largest absolute Gasteiger partial charge is 0.376 e. The Hall–Kier alpha value is -3.52. The lowest BCUT2D eigenvalue weighted by molar-refractivity contribution is -0.384. The number of anilines is 2. The van der Waals surface area contributed by atoms with E-state index in [-0.39, 0.29) is 18.0 Å². The lowest BCUT2D eigenvalue weighted by Crippen LogP contribution is -2.22. The second-order valence-corrected chi connectivity index (χ2v) is 7.01. The molecule has 29 heavy (non-hydrogen) atoms. The van der Waals surface area contributed by atoms with Gasteiger partial charge in [0.2, 0.25) is 5.91 Å². The number of benzene rings is 3. The summed E-state index contributed by atoms with van der Waals surface area (Å²) >= 11 is 3.37. The maximum absolute atomic E-state index is 12.8. The number of carbonyl (C=O) groups excluding carboxylic acids is 2. The van der Waals surface area contributed by atoms with Crippen molar-refractivity contribution in [3.05, 3.63) is 98.5 Å². The SMILES string of the molecule is O=C(CNc1ccc(Br)cc1C(=O)c1ccccc1)Nc1cccc([N+](=O)[O-])c1. The van der Waals surface area contributed by atoms with Gasteiger partial charge in [-0.05, 0) is 24.3 Å². The van der Waals surface area contributed by atoms with Crippen LogP contribution in [0.1, 0.15) is 15.9 Å². The van der Waals surface area contributed by atoms with Gasteiger partial charge < -0.3 is 10.6 Å². The smallest absolute Gasteiger partial charge is 0.271 e. The number of non-ortho nitro benzene ring substituents is 1. The van der Waals surface area contributed by atoms with Crippen LogP contribution in [0.5, 0.6) is 0 Å². The van der Waals surface area contributed by atoms with Crippen LogP contribution in [0.25, 0.3) is 0 Å². The highest BCUT2D eigenvalue weighted by atomic mass is 79.9. The first-order valence-electron chi connectivity index (χ1n) is 8.61. The van der Waals surface area contributed by atoms with E-state index in [1.165, 1.54) is 18.2 Å². The normalized spacial score (nSPS) is 10.2. The zero-order valence-corrected chi connectivity index (χ0v) is 16.7. The molecule has 0 fully saturated rings. The Bertz CT molecular complexity index is 1070. The topological polar surface area (TPSA) is 101 Å². The van der Waals surface area contributed by atoms with Gasteiger partial charge in [-0.2, -0.15) is 0 Å². The van der Waals surface area contributed by atoms with E-state index in [0.717, 1.165) is 4.47 Å². The number of halogens is 1. The van der Waals surface area contributed by atoms with Crippen LogP contribution in [-0.4, -0.2) is 23.2 Å². The second-order valence-electron chi connectivity index (χ2n) is 6.09. The zero-order valence-electron chi connectivity index (χ0n) is 15.1. The summed E-state index contributed by atoms with van der Waals surface area (Å²) in [6.07, 6.45) is 0. The van der Waals surface area contributed by atoms with Gasteiger partial charge in [0.25, 0.3) is 5.69 Å². The van der Waals surface area contributed by atoms with Gasteiger partial charge in [-0.25, -0.2) is 0 Å². The van der Waals surface area contributed by atoms with Crippen LogP contribution in [0.2, 0.25) is 0 Å². The Morgan fingerprint density at radius 3 is 2.45 bits per heavy atom. The minimum atomic E-state index is -0.531. The lowest BCUT2D eigenvalue weighted by atomic mass is 10.0. The summed E-state index contributed by atoms with van der Waals surface area (Å²) in [5.41, 5.74) is 1.68. The van der Waals surface area contributed by atoms with E-state index in [4.69, 9.17) is 0 Å². The van der Waals surface area contributed by atoms with Crippen LogP contribution in [0, 0.1) is 10.1 Å². The first-order valence-corrected chi connectivity index (χ1v) is 9.41. The van der Waals surface area contributed by atoms with E-state index in [0.29, 0.717) is 22.5 Å². The minimum Gasteiger partial charge on any atom is -0.376 e. The van der Waals surface area contributed by atoms with Gasteiger partial charge in [0.15, 0.2) is 5.78 Å². The van der Waals surface area contributed by atoms with Gasteiger partial charge in [-0.15, -0.1) is 0 Å². The summed E-state index contributed by atoms with van der Waals surface area (Å²) in [5.74, 6) is -0.569. The number of hydrogen-bond donors (Lipinski definition) is 2. The van der Waals surface area contributed by atoms with E-state index >= 15 is 0 Å². The molecule has 0 radical (unpaired) electrons. The average molecular weight is 454 g/mol. The summed E-state index contributed by atoms with van der Waals surface area (Å²) in [5, 5.41) is 16.4. The Morgan fingerprint density at radius 2 is 1.72 bits per heavy atom. The van der Waals surface area contributed by atoms with Crippen molar-refractivity contribution in [2.45, 2.75) is 0 Å². The highest BCUT2D eigenvalue weighted by molar-refractivity contribution is 9.10. The van der Waals surface area contributed by atoms with Gasteiger partial charge in [-0.1, -0.05) is 52.3 Å². The number of nitrogens with zero attached hydrogens (tertiary/aromatic N) is 1. The van der Waals surface area contributed by atoms with Crippen molar-refractivity contribution in [1.29, 1.82) is 0 Å². The van der Waals surface area contributed by atoms with E-state index < -0.39 is 10.8 Å². The summed E-state index contributed by atoms with van der Waals surface area (Å²) < 4.78 is 0.739. The molecule has 0 bridgehead atoms. The molecule has 0 aliphatic heterocycles. The number of nitro benzene ring substituents is 1. The quantitative estimate of drug-likeness (QED) is 0.308. The van der Waals surface area contributed by atoms with Gasteiger partial charge in [0.05, 0.1) is 11.5 Å². The molecule has 2 N–H and O–H groups in total. The molecule has 3 rings (SSSR count). The van der Waals surface area contributed by atoms with Crippen molar-refractivity contribution >= 4 is 44.7 Å². The van der Waals surface area contributed by atoms with Crippen LogP contribution in [0.15, 0.2) is 77.3 Å². The molecule has 0 heterocycles. The Balaban J connectivity index is 1.72. The van der Waals surface area contributed by atoms with Crippen molar-refractivity contribution in [2.24, 2.45) is 0 Å². The van der Waals surface area contributed by atoms with Crippen molar-refractivity contribution in [3.63, 3.8) is 0 Å². The Labute approximate surface area is 175 Å². The van der Waals surface area contributed by atoms with Gasteiger partial charge in [0.1, 0.15) is 0 Å². The molecule has 3 aromatic rings. The molecule has 0 aliphatic rings. The van der Waals surface area contributed by atoms with Crippen LogP contribution < -0.4 is 10.6 Å². The average Bonchev–Trinajstić information content (AvgIpc) is 2.73. The number of nitrogens with one attached hydrogen (secondary N) is 2. The fourth-order valence-electron chi connectivity index (χ4n) is 2.68. The van der Waals surface area contributed by atoms with Crippen LogP contribution in [-0.2, 0) is 4.79 Å². The lowest BCUT2D eigenvalue weighted by Gasteiger charge is -2.12. The third-order valence-electron chi connectivity index (χ3n) is 4.04. The number of ketones is 1. The maximum atomic E-state index is 12.8. The molecule has 0 aliphatic carbocycles. The molecule has 8 heteroatoms. The summed E-state index contributed by atoms with van der Waals surface area (Å²) in [4.78, 5) is 35.4.